The van der Waals surface area contributed by atoms with Crippen LogP contribution in [0.4, 0.5) is 19.0 Å². The van der Waals surface area contributed by atoms with Gasteiger partial charge in [-0.05, 0) is 26.0 Å². The van der Waals surface area contributed by atoms with Gasteiger partial charge in [0.05, 0.1) is 18.7 Å². The average Bonchev–Trinajstić information content (AvgIpc) is 2.59. The minimum atomic E-state index is -4.58. The van der Waals surface area contributed by atoms with Crippen molar-refractivity contribution in [3.8, 4) is 0 Å². The molecule has 1 aliphatic heterocycles. The summed E-state index contributed by atoms with van der Waals surface area (Å²) in [7, 11) is 0. The number of halogens is 3. The van der Waals surface area contributed by atoms with Crippen LogP contribution in [-0.2, 0) is 10.9 Å². The highest BCUT2D eigenvalue weighted by Gasteiger charge is 2.36. The van der Waals surface area contributed by atoms with Crippen LogP contribution in [0.2, 0.25) is 0 Å². The summed E-state index contributed by atoms with van der Waals surface area (Å²) >= 11 is 0. The van der Waals surface area contributed by atoms with Gasteiger partial charge in [-0.3, -0.25) is 4.90 Å². The minimum absolute atomic E-state index is 0.208. The van der Waals surface area contributed by atoms with Gasteiger partial charge in [0.15, 0.2) is 0 Å². The highest BCUT2D eigenvalue weighted by Crippen LogP contribution is 2.30. The zero-order valence-corrected chi connectivity index (χ0v) is 14.2. The number of ether oxygens (including phenoxy) is 1. The first-order chi connectivity index (χ1) is 11.8. The number of nitrogens with zero attached hydrogens (tertiary/aromatic N) is 3. The van der Waals surface area contributed by atoms with Crippen molar-refractivity contribution in [2.75, 3.05) is 38.2 Å². The Morgan fingerprint density at radius 1 is 1.12 bits per heavy atom. The zero-order chi connectivity index (χ0) is 18.1. The molecule has 0 spiro atoms. The maximum Gasteiger partial charge on any atom is 0.451 e. The Morgan fingerprint density at radius 2 is 1.80 bits per heavy atom. The van der Waals surface area contributed by atoms with Crippen LogP contribution in [0.15, 0.2) is 24.3 Å². The second kappa shape index (κ2) is 6.76. The number of aromatic nitrogens is 2. The van der Waals surface area contributed by atoms with Crippen LogP contribution in [-0.4, -0.2) is 53.3 Å². The fourth-order valence-electron chi connectivity index (χ4n) is 2.92. The normalized spacial score (nSPS) is 17.0. The summed E-state index contributed by atoms with van der Waals surface area (Å²) in [6.07, 6.45) is -4.58. The lowest BCUT2D eigenvalue weighted by molar-refractivity contribution is -0.144. The Bertz CT molecular complexity index is 742. The van der Waals surface area contributed by atoms with E-state index in [4.69, 9.17) is 4.74 Å². The second-order valence-electron chi connectivity index (χ2n) is 6.68. The molecule has 0 amide bonds. The lowest BCUT2D eigenvalue weighted by atomic mass is 10.0. The van der Waals surface area contributed by atoms with Gasteiger partial charge in [0.25, 0.3) is 0 Å². The molecule has 0 saturated carbocycles. The lowest BCUT2D eigenvalue weighted by Gasteiger charge is -2.41. The predicted molar refractivity (Wildman–Crippen MR) is 89.5 cm³/mol. The van der Waals surface area contributed by atoms with Crippen molar-refractivity contribution in [2.45, 2.75) is 25.6 Å². The monoisotopic (exact) mass is 354 g/mol. The molecule has 0 radical (unpaired) electrons. The molecule has 2 heterocycles. The van der Waals surface area contributed by atoms with E-state index in [9.17, 15) is 13.2 Å². The van der Waals surface area contributed by atoms with Crippen LogP contribution in [0.5, 0.6) is 0 Å². The molecule has 1 N–H and O–H groups in total. The first kappa shape index (κ1) is 17.9. The van der Waals surface area contributed by atoms with Gasteiger partial charge in [0.2, 0.25) is 5.82 Å². The van der Waals surface area contributed by atoms with Gasteiger partial charge < -0.3 is 10.1 Å². The number of para-hydroxylation sites is 1. The number of anilines is 1. The van der Waals surface area contributed by atoms with Crippen molar-refractivity contribution in [3.63, 3.8) is 0 Å². The molecule has 0 aliphatic carbocycles. The van der Waals surface area contributed by atoms with Gasteiger partial charge in [-0.25, -0.2) is 9.97 Å². The lowest BCUT2D eigenvalue weighted by Crippen LogP contribution is -2.53. The van der Waals surface area contributed by atoms with E-state index < -0.39 is 12.0 Å². The molecular weight excluding hydrogens is 333 g/mol. The number of alkyl halides is 3. The van der Waals surface area contributed by atoms with Gasteiger partial charge in [-0.15, -0.1) is 0 Å². The molecule has 0 atom stereocenters. The van der Waals surface area contributed by atoms with Crippen molar-refractivity contribution < 1.29 is 17.9 Å². The second-order valence-corrected chi connectivity index (χ2v) is 6.68. The van der Waals surface area contributed by atoms with Gasteiger partial charge in [-0.2, -0.15) is 13.2 Å². The number of nitrogens with one attached hydrogen (secondary N) is 1. The molecule has 25 heavy (non-hydrogen) atoms. The molecule has 1 aromatic heterocycles. The van der Waals surface area contributed by atoms with Crippen LogP contribution in [0.25, 0.3) is 10.9 Å². The van der Waals surface area contributed by atoms with Crippen molar-refractivity contribution in [1.29, 1.82) is 0 Å². The number of benzene rings is 1. The summed E-state index contributed by atoms with van der Waals surface area (Å²) in [5.41, 5.74) is 0.0327. The van der Waals surface area contributed by atoms with E-state index in [1.807, 2.05) is 0 Å². The molecular formula is C17H21F3N4O. The summed E-state index contributed by atoms with van der Waals surface area (Å²) in [6, 6.07) is 6.71. The smallest absolute Gasteiger partial charge is 0.379 e. The van der Waals surface area contributed by atoms with Crippen LogP contribution in [0.3, 0.4) is 0 Å². The molecule has 1 fully saturated rings. The first-order valence-electron chi connectivity index (χ1n) is 8.18. The van der Waals surface area contributed by atoms with Crippen molar-refractivity contribution >= 4 is 16.7 Å². The summed E-state index contributed by atoms with van der Waals surface area (Å²) in [5.74, 6) is -0.919. The molecule has 5 nitrogen and oxygen atoms in total. The minimum Gasteiger partial charge on any atom is -0.379 e. The number of fused-ring (bicyclic) bond motifs is 1. The van der Waals surface area contributed by atoms with E-state index in [1.165, 1.54) is 0 Å². The van der Waals surface area contributed by atoms with Gasteiger partial charge >= 0.3 is 6.18 Å². The van der Waals surface area contributed by atoms with Crippen LogP contribution in [0.1, 0.15) is 19.7 Å². The van der Waals surface area contributed by atoms with Gasteiger partial charge in [0.1, 0.15) is 5.82 Å². The maximum atomic E-state index is 13.1. The Hall–Kier alpha value is -1.93. The van der Waals surface area contributed by atoms with Crippen molar-refractivity contribution in [1.82, 2.24) is 14.9 Å². The summed E-state index contributed by atoms with van der Waals surface area (Å²) < 4.78 is 44.6. The van der Waals surface area contributed by atoms with Crippen LogP contribution in [0, 0.1) is 0 Å². The number of morpholine rings is 1. The number of hydrogen-bond acceptors (Lipinski definition) is 5. The molecule has 1 aliphatic rings. The van der Waals surface area contributed by atoms with Crippen molar-refractivity contribution in [3.05, 3.63) is 30.1 Å². The van der Waals surface area contributed by atoms with E-state index in [0.29, 0.717) is 25.1 Å². The molecule has 2 aromatic rings. The Balaban J connectivity index is 1.87. The quantitative estimate of drug-likeness (QED) is 0.914. The number of hydrogen-bond donors (Lipinski definition) is 1. The third kappa shape index (κ3) is 4.01. The predicted octanol–water partition coefficient (Wildman–Crippen LogP) is 3.17. The standard InChI is InChI=1S/C17H21F3N4O/c1-16(2,24-7-9-25-10-8-24)11-21-14-12-5-3-4-6-13(12)22-15(23-14)17(18,19)20/h3-6H,7-11H2,1-2H3,(H,21,22,23). The molecule has 3 rings (SSSR count). The first-order valence-corrected chi connectivity index (χ1v) is 8.18. The molecule has 1 aromatic carbocycles. The fourth-order valence-corrected chi connectivity index (χ4v) is 2.92. The molecule has 0 bridgehead atoms. The SMILES string of the molecule is CC(C)(CNc1nc(C(F)(F)F)nc2ccccc12)N1CCOCC1. The maximum absolute atomic E-state index is 13.1. The molecule has 1 saturated heterocycles. The Kier molecular flexibility index (Phi) is 4.83. The average molecular weight is 354 g/mol. The highest BCUT2D eigenvalue weighted by atomic mass is 19.4. The van der Waals surface area contributed by atoms with Crippen LogP contribution >= 0.6 is 0 Å². The topological polar surface area (TPSA) is 50.3 Å². The van der Waals surface area contributed by atoms with E-state index in [-0.39, 0.29) is 16.9 Å². The summed E-state index contributed by atoms with van der Waals surface area (Å²) in [5, 5.41) is 3.68. The van der Waals surface area contributed by atoms with Crippen LogP contribution < -0.4 is 5.32 Å². The summed E-state index contributed by atoms with van der Waals surface area (Å²) in [4.78, 5) is 9.63. The van der Waals surface area contributed by atoms with E-state index >= 15 is 0 Å². The molecule has 0 unspecified atom stereocenters. The van der Waals surface area contributed by atoms with E-state index in [0.717, 1.165) is 13.1 Å². The third-order valence-electron chi connectivity index (χ3n) is 4.41. The molecule has 8 heteroatoms. The van der Waals surface area contributed by atoms with Gasteiger partial charge in [0, 0.05) is 30.6 Å². The van der Waals surface area contributed by atoms with Crippen molar-refractivity contribution in [2.24, 2.45) is 0 Å². The number of rotatable bonds is 4. The highest BCUT2D eigenvalue weighted by molar-refractivity contribution is 5.89. The van der Waals surface area contributed by atoms with E-state index in [2.05, 4.69) is 34.0 Å². The summed E-state index contributed by atoms with van der Waals surface area (Å²) in [6.45, 7) is 7.50. The Morgan fingerprint density at radius 3 is 2.48 bits per heavy atom. The third-order valence-corrected chi connectivity index (χ3v) is 4.41. The van der Waals surface area contributed by atoms with E-state index in [1.54, 1.807) is 24.3 Å². The zero-order valence-electron chi connectivity index (χ0n) is 14.2. The Labute approximate surface area is 144 Å². The fraction of sp³-hybridized carbons (Fsp3) is 0.529. The molecule has 136 valence electrons. The van der Waals surface area contributed by atoms with Gasteiger partial charge in [-0.1, -0.05) is 12.1 Å². The largest absolute Gasteiger partial charge is 0.451 e.